The molecule has 0 aliphatic heterocycles. The molecule has 0 saturated heterocycles. The first-order chi connectivity index (χ1) is 14.9. The van der Waals surface area contributed by atoms with E-state index in [1.54, 1.807) is 7.11 Å². The third-order valence-electron chi connectivity index (χ3n) is 5.06. The molecule has 6 heteroatoms. The number of halogens is 1. The Kier molecular flexibility index (Phi) is 7.42. The number of ether oxygens (including phenoxy) is 2. The zero-order valence-corrected chi connectivity index (χ0v) is 19.0. The number of hydrogen-bond donors (Lipinski definition) is 2. The lowest BCUT2D eigenvalue weighted by atomic mass is 10.1. The van der Waals surface area contributed by atoms with Gasteiger partial charge in [-0.05, 0) is 79.4 Å². The topological polar surface area (TPSA) is 59.6 Å². The fourth-order valence-electron chi connectivity index (χ4n) is 3.08. The van der Waals surface area contributed by atoms with Gasteiger partial charge in [-0.3, -0.25) is 4.79 Å². The minimum absolute atomic E-state index is 0.109. The summed E-state index contributed by atoms with van der Waals surface area (Å²) in [5, 5.41) is 6.92. The molecule has 3 rings (SSSR count). The number of carbonyl (C=O) groups excluding carboxylic acids is 1. The van der Waals surface area contributed by atoms with Crippen molar-refractivity contribution in [3.63, 3.8) is 0 Å². The Morgan fingerprint density at radius 3 is 2.42 bits per heavy atom. The molecule has 0 aliphatic carbocycles. The zero-order chi connectivity index (χ0) is 22.4. The molecule has 0 bridgehead atoms. The van der Waals surface area contributed by atoms with Gasteiger partial charge in [0.2, 0.25) is 0 Å². The third-order valence-corrected chi connectivity index (χ3v) is 5.30. The van der Waals surface area contributed by atoms with E-state index in [1.807, 2.05) is 75.4 Å². The summed E-state index contributed by atoms with van der Waals surface area (Å²) in [6.45, 7) is 6.56. The zero-order valence-electron chi connectivity index (χ0n) is 18.2. The third kappa shape index (κ3) is 6.15. The summed E-state index contributed by atoms with van der Waals surface area (Å²) in [6.07, 6.45) is 0. The van der Waals surface area contributed by atoms with Gasteiger partial charge in [-0.25, -0.2) is 0 Å². The van der Waals surface area contributed by atoms with E-state index < -0.39 is 0 Å². The van der Waals surface area contributed by atoms with Crippen LogP contribution in [0.4, 0.5) is 11.4 Å². The van der Waals surface area contributed by atoms with Crippen LogP contribution in [0.15, 0.2) is 54.6 Å². The van der Waals surface area contributed by atoms with E-state index in [0.29, 0.717) is 23.1 Å². The highest BCUT2D eigenvalue weighted by Crippen LogP contribution is 2.29. The second-order valence-electron chi connectivity index (χ2n) is 7.43. The lowest BCUT2D eigenvalue weighted by Gasteiger charge is -2.14. The highest BCUT2D eigenvalue weighted by Gasteiger charge is 2.10. The molecule has 0 unspecified atom stereocenters. The fourth-order valence-corrected chi connectivity index (χ4v) is 3.25. The van der Waals surface area contributed by atoms with Crippen molar-refractivity contribution in [1.29, 1.82) is 0 Å². The molecule has 1 amide bonds. The molecule has 3 aromatic carbocycles. The maximum Gasteiger partial charge on any atom is 0.262 e. The molecule has 0 aromatic heterocycles. The summed E-state index contributed by atoms with van der Waals surface area (Å²) in [6, 6.07) is 17.2. The molecule has 0 heterocycles. The number of benzene rings is 3. The highest BCUT2D eigenvalue weighted by atomic mass is 35.5. The van der Waals surface area contributed by atoms with Gasteiger partial charge in [-0.2, -0.15) is 0 Å². The maximum absolute atomic E-state index is 12.3. The van der Waals surface area contributed by atoms with E-state index in [-0.39, 0.29) is 12.5 Å². The quantitative estimate of drug-likeness (QED) is 0.459. The van der Waals surface area contributed by atoms with Crippen molar-refractivity contribution < 1.29 is 14.3 Å². The van der Waals surface area contributed by atoms with Crippen LogP contribution >= 0.6 is 11.6 Å². The van der Waals surface area contributed by atoms with Gasteiger partial charge in [0.25, 0.3) is 5.91 Å². The first kappa shape index (κ1) is 22.5. The molecular formula is C25H27ClN2O3. The van der Waals surface area contributed by atoms with E-state index in [9.17, 15) is 4.79 Å². The van der Waals surface area contributed by atoms with E-state index in [0.717, 1.165) is 28.1 Å². The van der Waals surface area contributed by atoms with Crippen LogP contribution in [0.1, 0.15) is 22.3 Å². The Bertz CT molecular complexity index is 1080. The Morgan fingerprint density at radius 2 is 1.68 bits per heavy atom. The van der Waals surface area contributed by atoms with E-state index >= 15 is 0 Å². The molecule has 2 N–H and O–H groups in total. The van der Waals surface area contributed by atoms with Gasteiger partial charge in [0.05, 0.1) is 7.11 Å². The molecule has 0 saturated carbocycles. The van der Waals surface area contributed by atoms with Gasteiger partial charge in [-0.15, -0.1) is 0 Å². The fraction of sp³-hybridized carbons (Fsp3) is 0.240. The molecule has 0 atom stereocenters. The minimum atomic E-state index is -0.229. The number of anilines is 2. The largest absolute Gasteiger partial charge is 0.493 e. The standard InChI is InChI=1S/C25H27ClN2O3/c1-16-6-9-21(11-18(16)3)28-25(29)15-31-23-10-7-19(12-24(23)30-4)14-27-22-13-20(26)8-5-17(22)2/h5-13,27H,14-15H2,1-4H3,(H,28,29). The van der Waals surface area contributed by atoms with E-state index in [2.05, 4.69) is 10.6 Å². The van der Waals surface area contributed by atoms with Gasteiger partial charge in [0.15, 0.2) is 18.1 Å². The van der Waals surface area contributed by atoms with Crippen LogP contribution in [-0.2, 0) is 11.3 Å². The number of rotatable bonds is 8. The maximum atomic E-state index is 12.3. The number of nitrogens with one attached hydrogen (secondary N) is 2. The molecule has 0 fully saturated rings. The predicted octanol–water partition coefficient (Wildman–Crippen LogP) is 5.90. The van der Waals surface area contributed by atoms with Crippen LogP contribution in [-0.4, -0.2) is 19.6 Å². The smallest absolute Gasteiger partial charge is 0.262 e. The number of aryl methyl sites for hydroxylation is 3. The van der Waals surface area contributed by atoms with Crippen LogP contribution < -0.4 is 20.1 Å². The van der Waals surface area contributed by atoms with Gasteiger partial charge < -0.3 is 20.1 Å². The van der Waals surface area contributed by atoms with Crippen LogP contribution in [0, 0.1) is 20.8 Å². The number of methoxy groups -OCH3 is 1. The van der Waals surface area contributed by atoms with Crippen molar-refractivity contribution in [3.8, 4) is 11.5 Å². The summed E-state index contributed by atoms with van der Waals surface area (Å²) in [5.74, 6) is 0.856. The van der Waals surface area contributed by atoms with Crippen LogP contribution in [0.2, 0.25) is 5.02 Å². The molecule has 0 spiro atoms. The summed E-state index contributed by atoms with van der Waals surface area (Å²) >= 11 is 6.08. The monoisotopic (exact) mass is 438 g/mol. The van der Waals surface area contributed by atoms with Gasteiger partial charge in [-0.1, -0.05) is 29.8 Å². The second kappa shape index (κ2) is 10.2. The number of carbonyl (C=O) groups is 1. The molecule has 5 nitrogen and oxygen atoms in total. The predicted molar refractivity (Wildman–Crippen MR) is 127 cm³/mol. The van der Waals surface area contributed by atoms with Crippen molar-refractivity contribution in [1.82, 2.24) is 0 Å². The molecule has 0 radical (unpaired) electrons. The Labute approximate surface area is 188 Å². The van der Waals surface area contributed by atoms with Crippen LogP contribution in [0.25, 0.3) is 0 Å². The first-order valence-electron chi connectivity index (χ1n) is 10.0. The van der Waals surface area contributed by atoms with E-state index in [4.69, 9.17) is 21.1 Å². The van der Waals surface area contributed by atoms with Crippen molar-refractivity contribution in [2.45, 2.75) is 27.3 Å². The van der Waals surface area contributed by atoms with Gasteiger partial charge in [0.1, 0.15) is 0 Å². The average molecular weight is 439 g/mol. The summed E-state index contributed by atoms with van der Waals surface area (Å²) in [7, 11) is 1.58. The van der Waals surface area contributed by atoms with Crippen molar-refractivity contribution in [3.05, 3.63) is 81.9 Å². The Morgan fingerprint density at radius 1 is 0.903 bits per heavy atom. The van der Waals surface area contributed by atoms with Crippen LogP contribution in [0.5, 0.6) is 11.5 Å². The lowest BCUT2D eigenvalue weighted by molar-refractivity contribution is -0.118. The van der Waals surface area contributed by atoms with Gasteiger partial charge in [0, 0.05) is 22.9 Å². The molecule has 0 aliphatic rings. The second-order valence-corrected chi connectivity index (χ2v) is 7.87. The minimum Gasteiger partial charge on any atom is -0.493 e. The SMILES string of the molecule is COc1cc(CNc2cc(Cl)ccc2C)ccc1OCC(=O)Nc1ccc(C)c(C)c1. The van der Waals surface area contributed by atoms with Crippen molar-refractivity contribution in [2.24, 2.45) is 0 Å². The summed E-state index contributed by atoms with van der Waals surface area (Å²) in [4.78, 5) is 12.3. The van der Waals surface area contributed by atoms with Crippen molar-refractivity contribution >= 4 is 28.9 Å². The lowest BCUT2D eigenvalue weighted by Crippen LogP contribution is -2.20. The summed E-state index contributed by atoms with van der Waals surface area (Å²) in [5.41, 5.74) is 6.17. The highest BCUT2D eigenvalue weighted by molar-refractivity contribution is 6.30. The molecular weight excluding hydrogens is 412 g/mol. The molecule has 31 heavy (non-hydrogen) atoms. The Hall–Kier alpha value is -3.18. The Balaban J connectivity index is 1.59. The summed E-state index contributed by atoms with van der Waals surface area (Å²) < 4.78 is 11.1. The van der Waals surface area contributed by atoms with Crippen molar-refractivity contribution in [2.75, 3.05) is 24.4 Å². The van der Waals surface area contributed by atoms with Gasteiger partial charge >= 0.3 is 0 Å². The normalized spacial score (nSPS) is 10.5. The van der Waals surface area contributed by atoms with Crippen LogP contribution in [0.3, 0.4) is 0 Å². The van der Waals surface area contributed by atoms with E-state index in [1.165, 1.54) is 5.56 Å². The first-order valence-corrected chi connectivity index (χ1v) is 10.4. The molecule has 162 valence electrons. The number of hydrogen-bond acceptors (Lipinski definition) is 4. The molecule has 3 aromatic rings. The average Bonchev–Trinajstić information content (AvgIpc) is 2.75. The number of amides is 1.